The first kappa shape index (κ1) is 48.6. The zero-order valence-corrected chi connectivity index (χ0v) is 32.9. The minimum atomic E-state index is -1.61. The Hall–Kier alpha value is -1.37. The smallest absolute Gasteiger partial charge is 0.249 e. The molecule has 306 valence electrons. The second-order valence-corrected chi connectivity index (χ2v) is 14.9. The standard InChI is InChI=1S/C42H79NO9/c1-3-5-7-9-11-13-15-17-19-20-22-24-26-28-30-35(45)34(33-51-42-40(49)39(48)38(47)37(32-44)52-42)43-41(50)36(46)31-29-27-25-23-21-18-16-14-12-10-8-6-4-2/h21,23,28,30,34-40,42,44-49H,3-20,22,24-27,29,31-33H2,1-2H3,(H,43,50)/b23-21-,30-28+. The van der Waals surface area contributed by atoms with Gasteiger partial charge in [0.15, 0.2) is 6.29 Å². The summed E-state index contributed by atoms with van der Waals surface area (Å²) in [5.74, 6) is -0.634. The summed E-state index contributed by atoms with van der Waals surface area (Å²) in [6.07, 6.45) is 26.9. The van der Waals surface area contributed by atoms with Crippen LogP contribution in [0, 0.1) is 0 Å². The third-order valence-electron chi connectivity index (χ3n) is 10.1. The summed E-state index contributed by atoms with van der Waals surface area (Å²) in [5.41, 5.74) is 0. The van der Waals surface area contributed by atoms with E-state index in [2.05, 4.69) is 31.3 Å². The minimum Gasteiger partial charge on any atom is -0.394 e. The molecule has 0 spiro atoms. The van der Waals surface area contributed by atoms with Crippen LogP contribution in [-0.2, 0) is 14.3 Å². The van der Waals surface area contributed by atoms with Gasteiger partial charge in [-0.3, -0.25) is 4.79 Å². The van der Waals surface area contributed by atoms with Crippen molar-refractivity contribution in [1.29, 1.82) is 0 Å². The number of aliphatic hydroxyl groups is 6. The van der Waals surface area contributed by atoms with Crippen LogP contribution in [0.25, 0.3) is 0 Å². The molecule has 8 atom stereocenters. The highest BCUT2D eigenvalue weighted by atomic mass is 16.7. The van der Waals surface area contributed by atoms with Gasteiger partial charge in [0.1, 0.15) is 30.5 Å². The molecular formula is C42H79NO9. The predicted molar refractivity (Wildman–Crippen MR) is 209 cm³/mol. The van der Waals surface area contributed by atoms with Gasteiger partial charge < -0.3 is 45.4 Å². The number of amides is 1. The summed E-state index contributed by atoms with van der Waals surface area (Å²) in [5, 5.41) is 64.4. The van der Waals surface area contributed by atoms with Crippen molar-refractivity contribution in [3.63, 3.8) is 0 Å². The van der Waals surface area contributed by atoms with Gasteiger partial charge in [0.2, 0.25) is 5.91 Å². The van der Waals surface area contributed by atoms with Gasteiger partial charge in [-0.25, -0.2) is 0 Å². The van der Waals surface area contributed by atoms with Gasteiger partial charge in [-0.05, 0) is 44.9 Å². The van der Waals surface area contributed by atoms with Crippen molar-refractivity contribution in [3.8, 4) is 0 Å². The third kappa shape index (κ3) is 23.4. The molecule has 0 aromatic heterocycles. The summed E-state index contributed by atoms with van der Waals surface area (Å²) in [4.78, 5) is 13.0. The van der Waals surface area contributed by atoms with Gasteiger partial charge in [0.05, 0.1) is 25.4 Å². The van der Waals surface area contributed by atoms with E-state index in [1.165, 1.54) is 109 Å². The normalized spacial score (nSPS) is 22.7. The topological polar surface area (TPSA) is 169 Å². The number of aliphatic hydroxyl groups excluding tert-OH is 6. The number of ether oxygens (including phenoxy) is 2. The van der Waals surface area contributed by atoms with E-state index in [9.17, 15) is 35.4 Å². The van der Waals surface area contributed by atoms with Crippen LogP contribution in [0.5, 0.6) is 0 Å². The van der Waals surface area contributed by atoms with E-state index in [-0.39, 0.29) is 13.0 Å². The Labute approximate surface area is 316 Å². The fourth-order valence-corrected chi connectivity index (χ4v) is 6.57. The lowest BCUT2D eigenvalue weighted by Crippen LogP contribution is -2.60. The number of rotatable bonds is 34. The first-order valence-electron chi connectivity index (χ1n) is 21.2. The molecule has 10 nitrogen and oxygen atoms in total. The molecule has 10 heteroatoms. The Morgan fingerprint density at radius 3 is 1.62 bits per heavy atom. The molecule has 0 radical (unpaired) electrons. The summed E-state index contributed by atoms with van der Waals surface area (Å²) in [7, 11) is 0. The number of carbonyl (C=O) groups excluding carboxylic acids is 1. The highest BCUT2D eigenvalue weighted by Crippen LogP contribution is 2.22. The Balaban J connectivity index is 2.50. The number of nitrogens with one attached hydrogen (secondary N) is 1. The third-order valence-corrected chi connectivity index (χ3v) is 10.1. The molecule has 7 N–H and O–H groups in total. The maximum atomic E-state index is 13.0. The van der Waals surface area contributed by atoms with Gasteiger partial charge in [0.25, 0.3) is 0 Å². The van der Waals surface area contributed by atoms with Gasteiger partial charge in [-0.2, -0.15) is 0 Å². The summed E-state index contributed by atoms with van der Waals surface area (Å²) < 4.78 is 11.1. The fraction of sp³-hybridized carbons (Fsp3) is 0.881. The first-order chi connectivity index (χ1) is 25.3. The van der Waals surface area contributed by atoms with E-state index in [0.29, 0.717) is 6.42 Å². The number of hydrogen-bond acceptors (Lipinski definition) is 9. The van der Waals surface area contributed by atoms with Crippen molar-refractivity contribution in [3.05, 3.63) is 24.3 Å². The van der Waals surface area contributed by atoms with Crippen molar-refractivity contribution >= 4 is 5.91 Å². The predicted octanol–water partition coefficient (Wildman–Crippen LogP) is 6.91. The zero-order valence-electron chi connectivity index (χ0n) is 32.9. The Morgan fingerprint density at radius 2 is 1.12 bits per heavy atom. The highest BCUT2D eigenvalue weighted by molar-refractivity contribution is 5.80. The van der Waals surface area contributed by atoms with Crippen molar-refractivity contribution < 1.29 is 44.9 Å². The molecule has 1 heterocycles. The van der Waals surface area contributed by atoms with Gasteiger partial charge in [-0.1, -0.05) is 154 Å². The molecule has 1 rings (SSSR count). The van der Waals surface area contributed by atoms with Crippen LogP contribution >= 0.6 is 0 Å². The average molecular weight is 742 g/mol. The Morgan fingerprint density at radius 1 is 0.654 bits per heavy atom. The maximum absolute atomic E-state index is 13.0. The highest BCUT2D eigenvalue weighted by Gasteiger charge is 2.44. The second-order valence-electron chi connectivity index (χ2n) is 14.9. The van der Waals surface area contributed by atoms with Gasteiger partial charge in [0, 0.05) is 0 Å². The minimum absolute atomic E-state index is 0.280. The molecule has 1 amide bonds. The average Bonchev–Trinajstić information content (AvgIpc) is 3.14. The Kier molecular flexibility index (Phi) is 30.9. The fourth-order valence-electron chi connectivity index (χ4n) is 6.57. The van der Waals surface area contributed by atoms with Gasteiger partial charge >= 0.3 is 0 Å². The van der Waals surface area contributed by atoms with Crippen molar-refractivity contribution in [2.24, 2.45) is 0 Å². The van der Waals surface area contributed by atoms with Crippen molar-refractivity contribution in [1.82, 2.24) is 5.32 Å². The molecular weight excluding hydrogens is 662 g/mol. The van der Waals surface area contributed by atoms with E-state index in [1.54, 1.807) is 6.08 Å². The van der Waals surface area contributed by atoms with E-state index in [1.807, 2.05) is 6.08 Å². The van der Waals surface area contributed by atoms with E-state index in [4.69, 9.17) is 9.47 Å². The molecule has 0 aliphatic carbocycles. The van der Waals surface area contributed by atoms with Crippen LogP contribution in [0.3, 0.4) is 0 Å². The molecule has 8 unspecified atom stereocenters. The number of allylic oxidation sites excluding steroid dienone is 3. The maximum Gasteiger partial charge on any atom is 0.249 e. The second kappa shape index (κ2) is 33.0. The van der Waals surface area contributed by atoms with Crippen LogP contribution in [0.4, 0.5) is 0 Å². The van der Waals surface area contributed by atoms with E-state index < -0.39 is 61.5 Å². The monoisotopic (exact) mass is 742 g/mol. The van der Waals surface area contributed by atoms with Crippen LogP contribution in [-0.4, -0.2) is 98.7 Å². The number of unbranched alkanes of at least 4 members (excludes halogenated alkanes) is 21. The molecule has 0 saturated carbocycles. The summed E-state index contributed by atoms with van der Waals surface area (Å²) in [6, 6.07) is -0.984. The molecule has 1 aliphatic rings. The largest absolute Gasteiger partial charge is 0.394 e. The molecule has 0 aromatic carbocycles. The summed E-state index contributed by atoms with van der Waals surface area (Å²) >= 11 is 0. The molecule has 1 saturated heterocycles. The first-order valence-corrected chi connectivity index (χ1v) is 21.2. The van der Waals surface area contributed by atoms with Crippen molar-refractivity contribution in [2.75, 3.05) is 13.2 Å². The molecule has 0 aromatic rings. The van der Waals surface area contributed by atoms with Crippen LogP contribution in [0.1, 0.15) is 174 Å². The van der Waals surface area contributed by atoms with Gasteiger partial charge in [-0.15, -0.1) is 0 Å². The van der Waals surface area contributed by atoms with E-state index >= 15 is 0 Å². The SMILES string of the molecule is CCCCCCCCC/C=C\CCCCC(O)C(=O)NC(COC1OC(CO)C(O)C(O)C1O)C(O)/C=C/CCCCCCCCCCCCCC. The van der Waals surface area contributed by atoms with Crippen molar-refractivity contribution in [2.45, 2.75) is 223 Å². The lowest BCUT2D eigenvalue weighted by Gasteiger charge is -2.40. The van der Waals surface area contributed by atoms with Crippen LogP contribution < -0.4 is 5.32 Å². The number of hydrogen-bond donors (Lipinski definition) is 7. The van der Waals surface area contributed by atoms with Crippen LogP contribution in [0.15, 0.2) is 24.3 Å². The van der Waals surface area contributed by atoms with E-state index in [0.717, 1.165) is 38.5 Å². The lowest BCUT2D eigenvalue weighted by molar-refractivity contribution is -0.302. The lowest BCUT2D eigenvalue weighted by atomic mass is 9.99. The Bertz CT molecular complexity index is 886. The van der Waals surface area contributed by atoms with Crippen LogP contribution in [0.2, 0.25) is 0 Å². The molecule has 52 heavy (non-hydrogen) atoms. The summed E-state index contributed by atoms with van der Waals surface area (Å²) in [6.45, 7) is 3.57. The number of carbonyl (C=O) groups is 1. The zero-order chi connectivity index (χ0) is 38.2. The molecule has 0 bridgehead atoms. The quantitative estimate of drug-likeness (QED) is 0.0274. The molecule has 1 fully saturated rings. The molecule has 1 aliphatic heterocycles.